The maximum Gasteiger partial charge on any atom is 0.211 e. The van der Waals surface area contributed by atoms with E-state index in [9.17, 15) is 9.90 Å². The van der Waals surface area contributed by atoms with Crippen LogP contribution in [-0.4, -0.2) is 52.3 Å². The van der Waals surface area contributed by atoms with E-state index in [-0.39, 0.29) is 11.7 Å². The molecule has 6 heteroatoms. The molecule has 0 amide bonds. The molecular weight excluding hydrogens is 290 g/mol. The summed E-state index contributed by atoms with van der Waals surface area (Å²) in [5, 5.41) is 14.9. The van der Waals surface area contributed by atoms with Crippen molar-refractivity contribution < 1.29 is 9.90 Å². The van der Waals surface area contributed by atoms with Gasteiger partial charge in [-0.1, -0.05) is 30.9 Å². The summed E-state index contributed by atoms with van der Waals surface area (Å²) in [6.07, 6.45) is 5.72. The SMILES string of the molecule is CN(C)CCn1ncc(Cl)c1C(=O)C(O)C1CCCCC1. The average Bonchev–Trinajstić information content (AvgIpc) is 2.85. The molecule has 1 heterocycles. The highest BCUT2D eigenvalue weighted by Crippen LogP contribution is 2.29. The van der Waals surface area contributed by atoms with Gasteiger partial charge in [0, 0.05) is 6.54 Å². The molecule has 1 unspecified atom stereocenters. The summed E-state index contributed by atoms with van der Waals surface area (Å²) in [7, 11) is 3.92. The van der Waals surface area contributed by atoms with Crippen molar-refractivity contribution in [2.75, 3.05) is 20.6 Å². The number of likely N-dealkylation sites (N-methyl/N-ethyl adjacent to an activating group) is 1. The van der Waals surface area contributed by atoms with E-state index in [2.05, 4.69) is 5.10 Å². The molecule has 2 rings (SSSR count). The third kappa shape index (κ3) is 4.05. The Hall–Kier alpha value is -0.910. The van der Waals surface area contributed by atoms with Crippen LogP contribution >= 0.6 is 11.6 Å². The van der Waals surface area contributed by atoms with E-state index in [0.29, 0.717) is 17.3 Å². The van der Waals surface area contributed by atoms with Gasteiger partial charge in [0.2, 0.25) is 5.78 Å². The van der Waals surface area contributed by atoms with Crippen molar-refractivity contribution in [2.45, 2.75) is 44.8 Å². The van der Waals surface area contributed by atoms with Gasteiger partial charge in [0.25, 0.3) is 0 Å². The molecular formula is C15H24ClN3O2. The van der Waals surface area contributed by atoms with Gasteiger partial charge in [-0.3, -0.25) is 9.48 Å². The number of carbonyl (C=O) groups excluding carboxylic acids is 1. The quantitative estimate of drug-likeness (QED) is 0.818. The summed E-state index contributed by atoms with van der Waals surface area (Å²) in [5.41, 5.74) is 0.344. The van der Waals surface area contributed by atoms with Crippen molar-refractivity contribution in [3.63, 3.8) is 0 Å². The molecule has 1 N–H and O–H groups in total. The van der Waals surface area contributed by atoms with Gasteiger partial charge in [-0.05, 0) is 32.9 Å². The Kier molecular flexibility index (Phi) is 5.79. The van der Waals surface area contributed by atoms with Crippen molar-refractivity contribution in [3.8, 4) is 0 Å². The lowest BCUT2D eigenvalue weighted by Gasteiger charge is -2.25. The number of aromatic nitrogens is 2. The fourth-order valence-electron chi connectivity index (χ4n) is 2.88. The molecule has 21 heavy (non-hydrogen) atoms. The first kappa shape index (κ1) is 16.5. The first-order valence-corrected chi connectivity index (χ1v) is 7.97. The fourth-order valence-corrected chi connectivity index (χ4v) is 3.11. The van der Waals surface area contributed by atoms with Crippen LogP contribution in [-0.2, 0) is 6.54 Å². The molecule has 1 atom stereocenters. The maximum absolute atomic E-state index is 12.6. The van der Waals surface area contributed by atoms with Crippen LogP contribution in [0.2, 0.25) is 5.02 Å². The number of rotatable bonds is 6. The van der Waals surface area contributed by atoms with Crippen LogP contribution in [0.5, 0.6) is 0 Å². The highest BCUT2D eigenvalue weighted by atomic mass is 35.5. The van der Waals surface area contributed by atoms with Crippen LogP contribution in [0, 0.1) is 5.92 Å². The number of aliphatic hydroxyl groups excluding tert-OH is 1. The van der Waals surface area contributed by atoms with Gasteiger partial charge < -0.3 is 10.0 Å². The zero-order chi connectivity index (χ0) is 15.4. The second-order valence-electron chi connectivity index (χ2n) is 6.07. The maximum atomic E-state index is 12.6. The lowest BCUT2D eigenvalue weighted by Crippen LogP contribution is -2.33. The van der Waals surface area contributed by atoms with Crippen LogP contribution in [0.3, 0.4) is 0 Å². The fraction of sp³-hybridized carbons (Fsp3) is 0.733. The second kappa shape index (κ2) is 7.38. The number of carbonyl (C=O) groups is 1. The zero-order valence-corrected chi connectivity index (χ0v) is 13.5. The van der Waals surface area contributed by atoms with E-state index in [1.807, 2.05) is 19.0 Å². The molecule has 1 aliphatic carbocycles. The lowest BCUT2D eigenvalue weighted by molar-refractivity contribution is 0.0523. The second-order valence-corrected chi connectivity index (χ2v) is 6.48. The van der Waals surface area contributed by atoms with E-state index in [4.69, 9.17) is 11.6 Å². The van der Waals surface area contributed by atoms with E-state index >= 15 is 0 Å². The summed E-state index contributed by atoms with van der Waals surface area (Å²) in [6, 6.07) is 0. The summed E-state index contributed by atoms with van der Waals surface area (Å²) in [5.74, 6) is -0.234. The standard InChI is InChI=1S/C15H24ClN3O2/c1-18(2)8-9-19-13(12(16)10-17-19)15(21)14(20)11-6-4-3-5-7-11/h10-11,14,20H,3-9H2,1-2H3. The normalized spacial score (nSPS) is 18.1. The van der Waals surface area contributed by atoms with E-state index in [1.165, 1.54) is 12.6 Å². The topological polar surface area (TPSA) is 58.4 Å². The van der Waals surface area contributed by atoms with Crippen LogP contribution in [0.25, 0.3) is 0 Å². The Morgan fingerprint density at radius 3 is 2.76 bits per heavy atom. The van der Waals surface area contributed by atoms with Crippen molar-refractivity contribution in [1.82, 2.24) is 14.7 Å². The first-order chi connectivity index (χ1) is 10.0. The third-order valence-electron chi connectivity index (χ3n) is 4.15. The Labute approximate surface area is 130 Å². The molecule has 0 spiro atoms. The van der Waals surface area contributed by atoms with Gasteiger partial charge in [0.15, 0.2) is 0 Å². The Bertz CT molecular complexity index is 481. The highest BCUT2D eigenvalue weighted by molar-refractivity contribution is 6.33. The Morgan fingerprint density at radius 2 is 2.14 bits per heavy atom. The number of nitrogens with zero attached hydrogens (tertiary/aromatic N) is 3. The molecule has 0 bridgehead atoms. The van der Waals surface area contributed by atoms with Gasteiger partial charge >= 0.3 is 0 Å². The molecule has 0 aromatic carbocycles. The van der Waals surface area contributed by atoms with Crippen molar-refractivity contribution in [1.29, 1.82) is 0 Å². The van der Waals surface area contributed by atoms with E-state index < -0.39 is 6.10 Å². The summed E-state index contributed by atoms with van der Waals surface area (Å²) in [4.78, 5) is 14.6. The lowest BCUT2D eigenvalue weighted by atomic mass is 9.83. The van der Waals surface area contributed by atoms with Gasteiger partial charge in [0.05, 0.1) is 17.8 Å². The molecule has 1 aromatic heterocycles. The average molecular weight is 314 g/mol. The molecule has 5 nitrogen and oxygen atoms in total. The third-order valence-corrected chi connectivity index (χ3v) is 4.43. The summed E-state index contributed by atoms with van der Waals surface area (Å²) >= 11 is 6.11. The number of hydrogen-bond donors (Lipinski definition) is 1. The Morgan fingerprint density at radius 1 is 1.48 bits per heavy atom. The minimum Gasteiger partial charge on any atom is -0.385 e. The number of aliphatic hydroxyl groups is 1. The Balaban J connectivity index is 2.11. The molecule has 1 fully saturated rings. The van der Waals surface area contributed by atoms with E-state index in [1.54, 1.807) is 4.68 Å². The summed E-state index contributed by atoms with van der Waals surface area (Å²) < 4.78 is 1.61. The van der Waals surface area contributed by atoms with Gasteiger partial charge in [0.1, 0.15) is 11.8 Å². The largest absolute Gasteiger partial charge is 0.385 e. The molecule has 0 radical (unpaired) electrons. The number of ketones is 1. The van der Waals surface area contributed by atoms with Crippen LogP contribution in [0.4, 0.5) is 0 Å². The molecule has 1 aromatic rings. The molecule has 0 saturated heterocycles. The minimum absolute atomic E-state index is 0.0551. The predicted molar refractivity (Wildman–Crippen MR) is 82.7 cm³/mol. The molecule has 1 saturated carbocycles. The number of halogens is 1. The number of Topliss-reactive ketones (excluding diaryl/α,β-unsaturated/α-hetero) is 1. The monoisotopic (exact) mass is 313 g/mol. The van der Waals surface area contributed by atoms with Crippen LogP contribution in [0.15, 0.2) is 6.20 Å². The van der Waals surface area contributed by atoms with E-state index in [0.717, 1.165) is 32.2 Å². The first-order valence-electron chi connectivity index (χ1n) is 7.59. The smallest absolute Gasteiger partial charge is 0.211 e. The molecule has 1 aliphatic rings. The van der Waals surface area contributed by atoms with Crippen LogP contribution in [0.1, 0.15) is 42.6 Å². The van der Waals surface area contributed by atoms with Crippen molar-refractivity contribution >= 4 is 17.4 Å². The van der Waals surface area contributed by atoms with Crippen molar-refractivity contribution in [3.05, 3.63) is 16.9 Å². The highest BCUT2D eigenvalue weighted by Gasteiger charge is 2.31. The van der Waals surface area contributed by atoms with Crippen LogP contribution < -0.4 is 0 Å². The zero-order valence-electron chi connectivity index (χ0n) is 12.8. The van der Waals surface area contributed by atoms with Gasteiger partial charge in [-0.2, -0.15) is 5.10 Å². The van der Waals surface area contributed by atoms with Gasteiger partial charge in [-0.25, -0.2) is 0 Å². The molecule has 0 aliphatic heterocycles. The predicted octanol–water partition coefficient (Wildman–Crippen LogP) is 2.22. The molecule has 118 valence electrons. The number of hydrogen-bond acceptors (Lipinski definition) is 4. The van der Waals surface area contributed by atoms with Crippen molar-refractivity contribution in [2.24, 2.45) is 5.92 Å². The minimum atomic E-state index is -0.961. The van der Waals surface area contributed by atoms with Gasteiger partial charge in [-0.15, -0.1) is 0 Å². The summed E-state index contributed by atoms with van der Waals surface area (Å²) in [6.45, 7) is 1.34.